The van der Waals surface area contributed by atoms with Gasteiger partial charge in [-0.25, -0.2) is 0 Å². The Kier molecular flexibility index (Phi) is 5.64. The van der Waals surface area contributed by atoms with Crippen molar-refractivity contribution in [2.24, 2.45) is 5.41 Å². The molecule has 2 fully saturated rings. The Labute approximate surface area is 152 Å². The molecule has 0 bridgehead atoms. The summed E-state index contributed by atoms with van der Waals surface area (Å²) in [6, 6.07) is 0. The summed E-state index contributed by atoms with van der Waals surface area (Å²) >= 11 is 5.84. The quantitative estimate of drug-likeness (QED) is 0.845. The molecule has 138 valence electrons. The molecule has 1 aromatic rings. The van der Waals surface area contributed by atoms with Gasteiger partial charge in [-0.2, -0.15) is 5.10 Å². The normalized spacial score (nSPS) is 24.2. The van der Waals surface area contributed by atoms with Gasteiger partial charge in [-0.15, -0.1) is 0 Å². The van der Waals surface area contributed by atoms with Crippen molar-refractivity contribution in [2.75, 3.05) is 32.8 Å². The topological polar surface area (TPSA) is 78.7 Å². The van der Waals surface area contributed by atoms with E-state index < -0.39 is 0 Å². The third-order valence-corrected chi connectivity index (χ3v) is 5.48. The van der Waals surface area contributed by atoms with E-state index in [-0.39, 0.29) is 23.8 Å². The molecule has 0 radical (unpaired) electrons. The van der Waals surface area contributed by atoms with Crippen LogP contribution in [0.5, 0.6) is 0 Å². The molecule has 3 heterocycles. The fourth-order valence-electron chi connectivity index (χ4n) is 4.01. The number of aliphatic hydroxyl groups excluding tert-OH is 1. The highest BCUT2D eigenvalue weighted by atomic mass is 35.5. The Bertz CT molecular complexity index is 635. The summed E-state index contributed by atoms with van der Waals surface area (Å²) in [5.41, 5.74) is -0.0218. The molecule has 1 aromatic heterocycles. The van der Waals surface area contributed by atoms with E-state index in [4.69, 9.17) is 16.7 Å². The lowest BCUT2D eigenvalue weighted by Gasteiger charge is -2.48. The molecule has 1 unspecified atom stereocenters. The first-order valence-corrected chi connectivity index (χ1v) is 9.23. The number of hydrogen-bond acceptors (Lipinski definition) is 4. The number of halogens is 1. The van der Waals surface area contributed by atoms with Gasteiger partial charge < -0.3 is 14.9 Å². The first-order chi connectivity index (χ1) is 12.0. The second-order valence-electron chi connectivity index (χ2n) is 7.13. The highest BCUT2D eigenvalue weighted by Gasteiger charge is 2.42. The molecule has 2 aliphatic heterocycles. The lowest BCUT2D eigenvalue weighted by molar-refractivity contribution is -0.143. The van der Waals surface area contributed by atoms with Gasteiger partial charge in [0, 0.05) is 57.2 Å². The average molecular weight is 369 g/mol. The van der Waals surface area contributed by atoms with E-state index in [2.05, 4.69) is 5.10 Å². The fraction of sp³-hybridized carbons (Fsp3) is 0.706. The van der Waals surface area contributed by atoms with Gasteiger partial charge in [-0.05, 0) is 19.3 Å². The zero-order valence-corrected chi connectivity index (χ0v) is 15.1. The van der Waals surface area contributed by atoms with E-state index in [0.29, 0.717) is 44.0 Å². The zero-order chi connectivity index (χ0) is 17.9. The summed E-state index contributed by atoms with van der Waals surface area (Å²) in [6.45, 7) is 3.00. The number of likely N-dealkylation sites (tertiary alicyclic amines) is 2. The Morgan fingerprint density at radius 1 is 1.32 bits per heavy atom. The molecule has 1 spiro atoms. The standard InChI is InChI=1S/C17H25ClN4O3/c18-14-10-19-22(11-14)7-3-16(25)20-6-1-4-17(12-20)5-2-15(24)21(13-17)8-9-23/h10-11,23H,1-9,12-13H2. The van der Waals surface area contributed by atoms with Crippen LogP contribution in [0, 0.1) is 5.41 Å². The Morgan fingerprint density at radius 3 is 2.88 bits per heavy atom. The van der Waals surface area contributed by atoms with Crippen molar-refractivity contribution in [3.05, 3.63) is 17.4 Å². The van der Waals surface area contributed by atoms with Crippen molar-refractivity contribution in [2.45, 2.75) is 38.6 Å². The van der Waals surface area contributed by atoms with Crippen LogP contribution in [0.3, 0.4) is 0 Å². The fourth-order valence-corrected chi connectivity index (χ4v) is 4.17. The van der Waals surface area contributed by atoms with Gasteiger partial charge in [0.15, 0.2) is 0 Å². The van der Waals surface area contributed by atoms with Crippen LogP contribution in [0.15, 0.2) is 12.4 Å². The second kappa shape index (κ2) is 7.74. The SMILES string of the molecule is O=C1CCC2(CCCN(C(=O)CCn3cc(Cl)cn3)C2)CN1CCO. The maximum atomic E-state index is 12.6. The number of amides is 2. The largest absolute Gasteiger partial charge is 0.395 e. The molecular weight excluding hydrogens is 344 g/mol. The Balaban J connectivity index is 1.58. The molecule has 0 aliphatic carbocycles. The number of aromatic nitrogens is 2. The first-order valence-electron chi connectivity index (χ1n) is 8.86. The molecule has 8 heteroatoms. The third-order valence-electron chi connectivity index (χ3n) is 5.29. The predicted molar refractivity (Wildman–Crippen MR) is 93.0 cm³/mol. The van der Waals surface area contributed by atoms with Crippen LogP contribution in [0.1, 0.15) is 32.1 Å². The van der Waals surface area contributed by atoms with E-state index in [0.717, 1.165) is 25.8 Å². The number of hydrogen-bond donors (Lipinski definition) is 1. The van der Waals surface area contributed by atoms with Gasteiger partial charge >= 0.3 is 0 Å². The summed E-state index contributed by atoms with van der Waals surface area (Å²) in [4.78, 5) is 28.3. The van der Waals surface area contributed by atoms with Gasteiger partial charge in [0.25, 0.3) is 0 Å². The van der Waals surface area contributed by atoms with Crippen LogP contribution in [0.2, 0.25) is 5.02 Å². The van der Waals surface area contributed by atoms with Crippen LogP contribution in [-0.2, 0) is 16.1 Å². The number of aliphatic hydroxyl groups is 1. The molecule has 7 nitrogen and oxygen atoms in total. The monoisotopic (exact) mass is 368 g/mol. The van der Waals surface area contributed by atoms with Gasteiger partial charge in [-0.1, -0.05) is 11.6 Å². The van der Waals surface area contributed by atoms with E-state index in [1.165, 1.54) is 0 Å². The molecule has 25 heavy (non-hydrogen) atoms. The van der Waals surface area contributed by atoms with Crippen LogP contribution in [-0.4, -0.2) is 69.3 Å². The van der Waals surface area contributed by atoms with E-state index in [1.807, 2.05) is 4.90 Å². The lowest BCUT2D eigenvalue weighted by Crippen LogP contribution is -2.55. The molecule has 2 amide bonds. The number of rotatable bonds is 5. The van der Waals surface area contributed by atoms with Gasteiger partial charge in [0.05, 0.1) is 17.8 Å². The molecular formula is C17H25ClN4O3. The molecule has 2 saturated heterocycles. The second-order valence-corrected chi connectivity index (χ2v) is 7.57. The molecule has 1 N–H and O–H groups in total. The Hall–Kier alpha value is -1.60. The van der Waals surface area contributed by atoms with Crippen molar-refractivity contribution < 1.29 is 14.7 Å². The van der Waals surface area contributed by atoms with E-state index >= 15 is 0 Å². The Morgan fingerprint density at radius 2 is 2.16 bits per heavy atom. The number of carbonyl (C=O) groups is 2. The molecule has 0 aromatic carbocycles. The van der Waals surface area contributed by atoms with Crippen LogP contribution in [0.25, 0.3) is 0 Å². The van der Waals surface area contributed by atoms with Crippen molar-refractivity contribution in [1.29, 1.82) is 0 Å². The third kappa shape index (κ3) is 4.33. The number of aryl methyl sites for hydroxylation is 1. The van der Waals surface area contributed by atoms with Gasteiger partial charge in [-0.3, -0.25) is 14.3 Å². The molecule has 3 rings (SSSR count). The summed E-state index contributed by atoms with van der Waals surface area (Å²) in [7, 11) is 0. The smallest absolute Gasteiger partial charge is 0.224 e. The highest BCUT2D eigenvalue weighted by Crippen LogP contribution is 2.38. The van der Waals surface area contributed by atoms with E-state index in [9.17, 15) is 9.59 Å². The summed E-state index contributed by atoms with van der Waals surface area (Å²) in [6.07, 6.45) is 7.00. The maximum Gasteiger partial charge on any atom is 0.224 e. The number of carbonyl (C=O) groups excluding carboxylic acids is 2. The van der Waals surface area contributed by atoms with Crippen molar-refractivity contribution in [3.8, 4) is 0 Å². The number of piperidine rings is 2. The van der Waals surface area contributed by atoms with Crippen LogP contribution in [0.4, 0.5) is 0 Å². The minimum atomic E-state index is -0.0218. The maximum absolute atomic E-state index is 12.6. The number of nitrogens with zero attached hydrogens (tertiary/aromatic N) is 4. The van der Waals surface area contributed by atoms with Gasteiger partial charge in [0.2, 0.25) is 11.8 Å². The van der Waals surface area contributed by atoms with Crippen molar-refractivity contribution >= 4 is 23.4 Å². The number of β-amino-alcohol motifs (C(OH)–C–C–N with tert-alkyl or cyclic N) is 1. The van der Waals surface area contributed by atoms with Crippen LogP contribution >= 0.6 is 11.6 Å². The van der Waals surface area contributed by atoms with Crippen LogP contribution < -0.4 is 0 Å². The average Bonchev–Trinajstić information content (AvgIpc) is 3.02. The minimum Gasteiger partial charge on any atom is -0.395 e. The summed E-state index contributed by atoms with van der Waals surface area (Å²) in [5, 5.41) is 13.8. The highest BCUT2D eigenvalue weighted by molar-refractivity contribution is 6.30. The summed E-state index contributed by atoms with van der Waals surface area (Å²) < 4.78 is 1.68. The van der Waals surface area contributed by atoms with Gasteiger partial charge in [0.1, 0.15) is 0 Å². The molecule has 1 atom stereocenters. The predicted octanol–water partition coefficient (Wildman–Crippen LogP) is 1.15. The van der Waals surface area contributed by atoms with E-state index in [1.54, 1.807) is 22.0 Å². The minimum absolute atomic E-state index is 0.0170. The first kappa shape index (κ1) is 18.2. The van der Waals surface area contributed by atoms with Crippen molar-refractivity contribution in [3.63, 3.8) is 0 Å². The molecule has 2 aliphatic rings. The van der Waals surface area contributed by atoms with Crippen molar-refractivity contribution in [1.82, 2.24) is 19.6 Å². The lowest BCUT2D eigenvalue weighted by atomic mass is 9.73. The summed E-state index contributed by atoms with van der Waals surface area (Å²) in [5.74, 6) is 0.231. The molecule has 0 saturated carbocycles. The zero-order valence-electron chi connectivity index (χ0n) is 14.4.